The summed E-state index contributed by atoms with van der Waals surface area (Å²) in [5, 5.41) is 3.21. The molecule has 0 bridgehead atoms. The smallest absolute Gasteiger partial charge is 0.130 e. The second-order valence-electron chi connectivity index (χ2n) is 7.55. The van der Waals surface area contributed by atoms with Gasteiger partial charge in [0.05, 0.1) is 0 Å². The molecular weight excluding hydrogens is 344 g/mol. The molecule has 1 saturated heterocycles. The highest BCUT2D eigenvalue weighted by Crippen LogP contribution is 2.27. The van der Waals surface area contributed by atoms with Crippen LogP contribution in [0.15, 0.2) is 66.9 Å². The van der Waals surface area contributed by atoms with E-state index in [0.717, 1.165) is 37.6 Å². The predicted molar refractivity (Wildman–Crippen MR) is 115 cm³/mol. The molecule has 1 aromatic carbocycles. The molecule has 0 unspecified atom stereocenters. The number of nitrogens with zero attached hydrogens (tertiary/aromatic N) is 3. The molecule has 144 valence electrons. The molecule has 4 nitrogen and oxygen atoms in total. The Balaban J connectivity index is 1.45. The van der Waals surface area contributed by atoms with E-state index in [1.165, 1.54) is 29.7 Å². The van der Waals surface area contributed by atoms with Gasteiger partial charge in [0, 0.05) is 55.6 Å². The second kappa shape index (κ2) is 8.98. The van der Waals surface area contributed by atoms with E-state index in [9.17, 15) is 0 Å². The summed E-state index contributed by atoms with van der Waals surface area (Å²) in [6.45, 7) is 3.13. The average molecular weight is 373 g/mol. The van der Waals surface area contributed by atoms with Crippen LogP contribution in [0.1, 0.15) is 41.3 Å². The first-order chi connectivity index (χ1) is 13.8. The van der Waals surface area contributed by atoms with E-state index in [2.05, 4.69) is 69.8 Å². The van der Waals surface area contributed by atoms with Gasteiger partial charge in [-0.05, 0) is 43.1 Å². The van der Waals surface area contributed by atoms with E-state index in [1.807, 2.05) is 19.3 Å². The molecule has 1 fully saturated rings. The summed E-state index contributed by atoms with van der Waals surface area (Å²) in [4.78, 5) is 12.0. The maximum atomic E-state index is 5.02. The molecule has 2 aromatic heterocycles. The van der Waals surface area contributed by atoms with Crippen molar-refractivity contribution in [1.82, 2.24) is 14.9 Å². The molecule has 0 aliphatic carbocycles. The van der Waals surface area contributed by atoms with Crippen LogP contribution in [0.4, 0.5) is 5.82 Å². The lowest BCUT2D eigenvalue weighted by molar-refractivity contribution is 0.198. The quantitative estimate of drug-likeness (QED) is 0.692. The molecule has 0 amide bonds. The molecule has 4 heteroatoms. The van der Waals surface area contributed by atoms with Gasteiger partial charge in [-0.2, -0.15) is 0 Å². The van der Waals surface area contributed by atoms with Gasteiger partial charge in [-0.1, -0.05) is 42.5 Å². The molecule has 0 radical (unpaired) electrons. The van der Waals surface area contributed by atoms with Crippen molar-refractivity contribution in [2.45, 2.75) is 31.7 Å². The molecule has 3 heterocycles. The summed E-state index contributed by atoms with van der Waals surface area (Å²) in [6.07, 6.45) is 5.16. The first-order valence-electron chi connectivity index (χ1n) is 10.2. The Morgan fingerprint density at radius 2 is 1.93 bits per heavy atom. The van der Waals surface area contributed by atoms with Gasteiger partial charge >= 0.3 is 0 Å². The molecule has 4 rings (SSSR count). The molecule has 0 saturated carbocycles. The Labute approximate surface area is 167 Å². The summed E-state index contributed by atoms with van der Waals surface area (Å²) >= 11 is 0. The Kier molecular flexibility index (Phi) is 5.98. The summed E-state index contributed by atoms with van der Waals surface area (Å²) < 4.78 is 0. The Morgan fingerprint density at radius 1 is 1.04 bits per heavy atom. The van der Waals surface area contributed by atoms with Crippen LogP contribution in [0.5, 0.6) is 0 Å². The van der Waals surface area contributed by atoms with Crippen LogP contribution < -0.4 is 5.32 Å². The van der Waals surface area contributed by atoms with Crippen molar-refractivity contribution in [2.24, 2.45) is 0 Å². The maximum absolute atomic E-state index is 5.02. The predicted octanol–water partition coefficient (Wildman–Crippen LogP) is 4.49. The van der Waals surface area contributed by atoms with Gasteiger partial charge < -0.3 is 5.32 Å². The molecule has 28 heavy (non-hydrogen) atoms. The molecule has 0 spiro atoms. The lowest BCUT2D eigenvalue weighted by Crippen LogP contribution is -2.34. The Hall–Kier alpha value is -2.72. The molecule has 1 atom stereocenters. The van der Waals surface area contributed by atoms with Crippen molar-refractivity contribution in [2.75, 3.05) is 25.5 Å². The number of aromatic nitrogens is 2. The van der Waals surface area contributed by atoms with Crippen molar-refractivity contribution in [3.05, 3.63) is 89.4 Å². The number of anilines is 1. The number of hydrogen-bond donors (Lipinski definition) is 1. The zero-order valence-corrected chi connectivity index (χ0v) is 16.5. The van der Waals surface area contributed by atoms with Crippen LogP contribution in [0.2, 0.25) is 0 Å². The Bertz CT molecular complexity index is 894. The zero-order valence-electron chi connectivity index (χ0n) is 16.5. The first-order valence-corrected chi connectivity index (χ1v) is 10.2. The summed E-state index contributed by atoms with van der Waals surface area (Å²) in [6, 6.07) is 21.3. The maximum Gasteiger partial charge on any atom is 0.130 e. The van der Waals surface area contributed by atoms with Crippen LogP contribution in [0, 0.1) is 0 Å². The van der Waals surface area contributed by atoms with Crippen LogP contribution in [-0.2, 0) is 13.0 Å². The molecule has 1 aliphatic heterocycles. The van der Waals surface area contributed by atoms with Crippen LogP contribution in [0.25, 0.3) is 0 Å². The minimum atomic E-state index is 0.499. The number of piperidine rings is 1. The van der Waals surface area contributed by atoms with Crippen LogP contribution in [0.3, 0.4) is 0 Å². The topological polar surface area (TPSA) is 41.1 Å². The largest absolute Gasteiger partial charge is 0.373 e. The van der Waals surface area contributed by atoms with Crippen LogP contribution >= 0.6 is 0 Å². The fourth-order valence-electron chi connectivity index (χ4n) is 4.10. The van der Waals surface area contributed by atoms with Gasteiger partial charge in [-0.15, -0.1) is 0 Å². The Morgan fingerprint density at radius 3 is 2.79 bits per heavy atom. The molecule has 1 aliphatic rings. The number of nitrogens with one attached hydrogen (secondary N) is 1. The van der Waals surface area contributed by atoms with Crippen molar-refractivity contribution in [1.29, 1.82) is 0 Å². The van der Waals surface area contributed by atoms with Crippen molar-refractivity contribution >= 4 is 5.82 Å². The van der Waals surface area contributed by atoms with Gasteiger partial charge in [0.25, 0.3) is 0 Å². The van der Waals surface area contributed by atoms with E-state index in [1.54, 1.807) is 0 Å². The highest BCUT2D eigenvalue weighted by atomic mass is 15.1. The summed E-state index contributed by atoms with van der Waals surface area (Å²) in [5.41, 5.74) is 4.97. The summed E-state index contributed by atoms with van der Waals surface area (Å²) in [7, 11) is 1.94. The second-order valence-corrected chi connectivity index (χ2v) is 7.55. The standard InChI is InChI=1S/C24H28N4/c1-25-24-21(10-6-14-26-24)18-28-15-7-11-20(17-28)23-13-5-12-22(27-23)16-19-8-3-2-4-9-19/h2-6,8-10,12-14,20H,7,11,15-18H2,1H3,(H,25,26)/t20-/m1/s1. The van der Waals surface area contributed by atoms with E-state index >= 15 is 0 Å². The normalized spacial score (nSPS) is 17.4. The fraction of sp³-hybridized carbons (Fsp3) is 0.333. The van der Waals surface area contributed by atoms with Gasteiger partial charge in [0.15, 0.2) is 0 Å². The lowest BCUT2D eigenvalue weighted by Gasteiger charge is -2.33. The first kappa shape index (κ1) is 18.6. The van der Waals surface area contributed by atoms with E-state index in [4.69, 9.17) is 4.98 Å². The number of hydrogen-bond acceptors (Lipinski definition) is 4. The zero-order chi connectivity index (χ0) is 19.2. The lowest BCUT2D eigenvalue weighted by atomic mass is 9.93. The highest BCUT2D eigenvalue weighted by Gasteiger charge is 2.23. The number of likely N-dealkylation sites (tertiary alicyclic amines) is 1. The number of rotatable bonds is 6. The monoisotopic (exact) mass is 372 g/mol. The molecular formula is C24H28N4. The molecule has 3 aromatic rings. The van der Waals surface area contributed by atoms with Gasteiger partial charge in [0.1, 0.15) is 5.82 Å². The van der Waals surface area contributed by atoms with E-state index in [0.29, 0.717) is 5.92 Å². The van der Waals surface area contributed by atoms with E-state index in [-0.39, 0.29) is 0 Å². The fourth-order valence-corrected chi connectivity index (χ4v) is 4.10. The summed E-state index contributed by atoms with van der Waals surface area (Å²) in [5.74, 6) is 1.48. The minimum Gasteiger partial charge on any atom is -0.373 e. The van der Waals surface area contributed by atoms with Gasteiger partial charge in [-0.25, -0.2) is 4.98 Å². The van der Waals surface area contributed by atoms with Crippen molar-refractivity contribution in [3.63, 3.8) is 0 Å². The third kappa shape index (κ3) is 4.57. The SMILES string of the molecule is CNc1ncccc1CN1CCC[C@@H](c2cccc(Cc3ccccc3)n2)C1. The third-order valence-electron chi connectivity index (χ3n) is 5.50. The van der Waals surface area contributed by atoms with Gasteiger partial charge in [-0.3, -0.25) is 9.88 Å². The minimum absolute atomic E-state index is 0.499. The number of benzene rings is 1. The van der Waals surface area contributed by atoms with E-state index < -0.39 is 0 Å². The molecule has 1 N–H and O–H groups in total. The van der Waals surface area contributed by atoms with Gasteiger partial charge in [0.2, 0.25) is 0 Å². The third-order valence-corrected chi connectivity index (χ3v) is 5.50. The van der Waals surface area contributed by atoms with Crippen LogP contribution in [-0.4, -0.2) is 35.0 Å². The number of pyridine rings is 2. The van der Waals surface area contributed by atoms with Crippen molar-refractivity contribution in [3.8, 4) is 0 Å². The highest BCUT2D eigenvalue weighted by molar-refractivity contribution is 5.42. The van der Waals surface area contributed by atoms with Crippen molar-refractivity contribution < 1.29 is 0 Å². The average Bonchev–Trinajstić information content (AvgIpc) is 2.75.